The van der Waals surface area contributed by atoms with E-state index in [1.54, 1.807) is 13.0 Å². The molecule has 8 heteroatoms. The quantitative estimate of drug-likeness (QED) is 0.923. The van der Waals surface area contributed by atoms with Gasteiger partial charge in [0.1, 0.15) is 4.88 Å². The van der Waals surface area contributed by atoms with Crippen LogP contribution in [0.3, 0.4) is 0 Å². The van der Waals surface area contributed by atoms with Crippen LogP contribution in [0.25, 0.3) is 0 Å². The molecule has 2 aromatic rings. The number of anilines is 1. The van der Waals surface area contributed by atoms with Crippen LogP contribution in [-0.4, -0.2) is 15.9 Å². The van der Waals surface area contributed by atoms with Gasteiger partial charge in [0.05, 0.1) is 5.51 Å². The van der Waals surface area contributed by atoms with E-state index in [-0.39, 0.29) is 0 Å². The molecule has 19 heavy (non-hydrogen) atoms. The van der Waals surface area contributed by atoms with Crippen LogP contribution in [0.5, 0.6) is 0 Å². The molecule has 0 aromatic carbocycles. The Morgan fingerprint density at radius 3 is 2.74 bits per heavy atom. The van der Waals surface area contributed by atoms with Gasteiger partial charge in [-0.2, -0.15) is 13.2 Å². The monoisotopic (exact) mass is 287 g/mol. The minimum absolute atomic E-state index is 0.388. The molecule has 1 N–H and O–H groups in total. The Morgan fingerprint density at radius 2 is 2.11 bits per heavy atom. The number of aromatic nitrogens is 2. The van der Waals surface area contributed by atoms with Crippen molar-refractivity contribution in [1.82, 2.24) is 9.97 Å². The van der Waals surface area contributed by atoms with E-state index in [4.69, 9.17) is 0 Å². The highest BCUT2D eigenvalue weighted by Crippen LogP contribution is 2.32. The summed E-state index contributed by atoms with van der Waals surface area (Å²) in [5.41, 5.74) is 0.869. The largest absolute Gasteiger partial charge is 0.434 e. The molecule has 0 aliphatic carbocycles. The van der Waals surface area contributed by atoms with Crippen molar-refractivity contribution in [3.05, 3.63) is 40.1 Å². The number of nitrogens with one attached hydrogen (secondary N) is 1. The first kappa shape index (κ1) is 13.5. The Balaban J connectivity index is 2.24. The molecule has 0 radical (unpaired) electrons. The highest BCUT2D eigenvalue weighted by atomic mass is 32.1. The molecule has 0 atom stereocenters. The van der Waals surface area contributed by atoms with Crippen molar-refractivity contribution < 1.29 is 18.0 Å². The summed E-state index contributed by atoms with van der Waals surface area (Å²) < 4.78 is 37.8. The van der Waals surface area contributed by atoms with Gasteiger partial charge in [0, 0.05) is 17.6 Å². The van der Waals surface area contributed by atoms with E-state index in [0.29, 0.717) is 22.7 Å². The molecule has 0 aliphatic rings. The molecule has 0 saturated carbocycles. The van der Waals surface area contributed by atoms with Crippen LogP contribution >= 0.6 is 11.3 Å². The number of hydrogen-bond acceptors (Lipinski definition) is 4. The minimum Gasteiger partial charge on any atom is -0.321 e. The van der Waals surface area contributed by atoms with Crippen molar-refractivity contribution in [3.8, 4) is 0 Å². The fourth-order valence-electron chi connectivity index (χ4n) is 1.42. The summed E-state index contributed by atoms with van der Waals surface area (Å²) >= 11 is 0.649. The van der Waals surface area contributed by atoms with E-state index in [0.717, 1.165) is 5.51 Å². The Bertz CT molecular complexity index is 609. The van der Waals surface area contributed by atoms with Crippen LogP contribution in [-0.2, 0) is 6.18 Å². The summed E-state index contributed by atoms with van der Waals surface area (Å²) in [5.74, 6) is -0.833. The summed E-state index contributed by atoms with van der Waals surface area (Å²) in [6.45, 7) is 1.71. The van der Waals surface area contributed by atoms with Gasteiger partial charge in [0.25, 0.3) is 5.91 Å². The molecule has 0 aliphatic heterocycles. The third-order valence-corrected chi connectivity index (χ3v) is 3.02. The maximum Gasteiger partial charge on any atom is 0.434 e. The van der Waals surface area contributed by atoms with Crippen molar-refractivity contribution in [1.29, 1.82) is 0 Å². The van der Waals surface area contributed by atoms with E-state index in [1.807, 2.05) is 0 Å². The molecule has 1 amide bonds. The molecule has 2 heterocycles. The summed E-state index contributed by atoms with van der Waals surface area (Å²) in [6, 6.07) is 3.06. The predicted molar refractivity (Wildman–Crippen MR) is 64.0 cm³/mol. The molecular weight excluding hydrogens is 279 g/mol. The topological polar surface area (TPSA) is 54.9 Å². The average Bonchev–Trinajstić information content (AvgIpc) is 2.77. The second-order valence-corrected chi connectivity index (χ2v) is 4.52. The Hall–Kier alpha value is -1.96. The number of pyridine rings is 1. The third-order valence-electron chi connectivity index (χ3n) is 2.20. The molecule has 2 aromatic heterocycles. The fourth-order valence-corrected chi connectivity index (χ4v) is 2.12. The standard InChI is InChI=1S/C11H8F3N3OS/c1-6-4-7(2-3-15-6)17-10(18)8-9(11(12,13)14)16-5-19-8/h2-5H,1H3,(H,15,17,18). The SMILES string of the molecule is Cc1cc(NC(=O)c2scnc2C(F)(F)F)ccn1. The van der Waals surface area contributed by atoms with E-state index < -0.39 is 22.7 Å². The number of thiazole rings is 1. The van der Waals surface area contributed by atoms with Gasteiger partial charge in [-0.05, 0) is 19.1 Å². The second-order valence-electron chi connectivity index (χ2n) is 3.67. The van der Waals surface area contributed by atoms with Crippen molar-refractivity contribution >= 4 is 22.9 Å². The van der Waals surface area contributed by atoms with Gasteiger partial charge in [-0.1, -0.05) is 0 Å². The summed E-state index contributed by atoms with van der Waals surface area (Å²) in [6.07, 6.45) is -3.18. The Kier molecular flexibility index (Phi) is 3.52. The first-order valence-electron chi connectivity index (χ1n) is 5.12. The highest BCUT2D eigenvalue weighted by Gasteiger charge is 2.38. The Morgan fingerprint density at radius 1 is 1.37 bits per heavy atom. The van der Waals surface area contributed by atoms with Crippen molar-refractivity contribution in [2.75, 3.05) is 5.32 Å². The third kappa shape index (κ3) is 3.08. The number of halogens is 3. The number of rotatable bonds is 2. The maximum absolute atomic E-state index is 12.6. The molecule has 100 valence electrons. The van der Waals surface area contributed by atoms with Gasteiger partial charge in [0.2, 0.25) is 0 Å². The van der Waals surface area contributed by atoms with Crippen LogP contribution < -0.4 is 5.32 Å². The van der Waals surface area contributed by atoms with Gasteiger partial charge in [-0.15, -0.1) is 11.3 Å². The highest BCUT2D eigenvalue weighted by molar-refractivity contribution is 7.12. The van der Waals surface area contributed by atoms with Gasteiger partial charge in [-0.3, -0.25) is 9.78 Å². The molecule has 2 rings (SSSR count). The van der Waals surface area contributed by atoms with E-state index in [2.05, 4.69) is 15.3 Å². The molecule has 0 fully saturated rings. The number of aryl methyl sites for hydroxylation is 1. The number of alkyl halides is 3. The van der Waals surface area contributed by atoms with Crippen LogP contribution in [0.1, 0.15) is 21.1 Å². The lowest BCUT2D eigenvalue weighted by Crippen LogP contribution is -2.17. The van der Waals surface area contributed by atoms with E-state index >= 15 is 0 Å². The lowest BCUT2D eigenvalue weighted by atomic mass is 10.3. The zero-order valence-electron chi connectivity index (χ0n) is 9.65. The Labute approximate surface area is 110 Å². The van der Waals surface area contributed by atoms with Crippen LogP contribution in [0.2, 0.25) is 0 Å². The lowest BCUT2D eigenvalue weighted by molar-refractivity contribution is -0.141. The van der Waals surface area contributed by atoms with Gasteiger partial charge < -0.3 is 5.32 Å². The maximum atomic E-state index is 12.6. The van der Waals surface area contributed by atoms with Gasteiger partial charge >= 0.3 is 6.18 Å². The summed E-state index contributed by atoms with van der Waals surface area (Å²) in [7, 11) is 0. The number of amides is 1. The number of carbonyl (C=O) groups excluding carboxylic acids is 1. The second kappa shape index (κ2) is 4.96. The van der Waals surface area contributed by atoms with Crippen molar-refractivity contribution in [2.45, 2.75) is 13.1 Å². The van der Waals surface area contributed by atoms with Gasteiger partial charge in [-0.25, -0.2) is 4.98 Å². The first-order chi connectivity index (χ1) is 8.88. The number of hydrogen-bond donors (Lipinski definition) is 1. The van der Waals surface area contributed by atoms with Crippen LogP contribution in [0.4, 0.5) is 18.9 Å². The number of carbonyl (C=O) groups is 1. The molecular formula is C11H8F3N3OS. The molecule has 0 spiro atoms. The molecule has 0 saturated heterocycles. The zero-order valence-corrected chi connectivity index (χ0v) is 10.5. The van der Waals surface area contributed by atoms with Crippen LogP contribution in [0.15, 0.2) is 23.8 Å². The van der Waals surface area contributed by atoms with Crippen molar-refractivity contribution in [3.63, 3.8) is 0 Å². The van der Waals surface area contributed by atoms with Crippen molar-refractivity contribution in [2.24, 2.45) is 0 Å². The van der Waals surface area contributed by atoms with E-state index in [1.165, 1.54) is 12.3 Å². The smallest absolute Gasteiger partial charge is 0.321 e. The minimum atomic E-state index is -4.64. The predicted octanol–water partition coefficient (Wildman–Crippen LogP) is 3.12. The zero-order chi connectivity index (χ0) is 14.0. The lowest BCUT2D eigenvalue weighted by Gasteiger charge is -2.07. The molecule has 4 nitrogen and oxygen atoms in total. The summed E-state index contributed by atoms with van der Waals surface area (Å²) in [5, 5.41) is 2.39. The van der Waals surface area contributed by atoms with Crippen LogP contribution in [0, 0.1) is 6.92 Å². The van der Waals surface area contributed by atoms with E-state index in [9.17, 15) is 18.0 Å². The molecule has 0 unspecified atom stereocenters. The number of nitrogens with zero attached hydrogens (tertiary/aromatic N) is 2. The fraction of sp³-hybridized carbons (Fsp3) is 0.182. The first-order valence-corrected chi connectivity index (χ1v) is 6.00. The normalized spacial score (nSPS) is 11.4. The summed E-state index contributed by atoms with van der Waals surface area (Å²) in [4.78, 5) is 18.5. The molecule has 0 bridgehead atoms. The average molecular weight is 287 g/mol. The van der Waals surface area contributed by atoms with Gasteiger partial charge in [0.15, 0.2) is 5.69 Å².